The maximum Gasteiger partial charge on any atom is 0.254 e. The molecule has 1 saturated heterocycles. The van der Waals surface area contributed by atoms with Gasteiger partial charge in [0.05, 0.1) is 7.11 Å². The monoisotopic (exact) mass is 358 g/mol. The summed E-state index contributed by atoms with van der Waals surface area (Å²) in [6, 6.07) is 5.91. The van der Waals surface area contributed by atoms with Crippen molar-refractivity contribution in [2.75, 3.05) is 39.2 Å². The number of carbonyl (C=O) groups is 1. The summed E-state index contributed by atoms with van der Waals surface area (Å²) < 4.78 is 10.2. The van der Waals surface area contributed by atoms with Gasteiger partial charge in [-0.2, -0.15) is 0 Å². The van der Waals surface area contributed by atoms with Crippen LogP contribution in [0.25, 0.3) is 0 Å². The van der Waals surface area contributed by atoms with Crippen molar-refractivity contribution in [3.63, 3.8) is 0 Å². The number of hydrogen-bond donors (Lipinski definition) is 0. The van der Waals surface area contributed by atoms with Crippen molar-refractivity contribution in [1.82, 2.24) is 15.0 Å². The van der Waals surface area contributed by atoms with E-state index in [2.05, 4.69) is 22.3 Å². The number of piperidine rings is 1. The zero-order valence-electron chi connectivity index (χ0n) is 15.6. The van der Waals surface area contributed by atoms with E-state index in [1.165, 1.54) is 5.56 Å². The van der Waals surface area contributed by atoms with E-state index in [1.54, 1.807) is 13.2 Å². The number of amides is 1. The molecule has 1 aliphatic rings. The molecule has 26 heavy (non-hydrogen) atoms. The first-order valence-corrected chi connectivity index (χ1v) is 8.97. The molecule has 1 amide bonds. The van der Waals surface area contributed by atoms with Crippen LogP contribution in [0.15, 0.2) is 28.9 Å². The molecule has 7 nitrogen and oxygen atoms in total. The summed E-state index contributed by atoms with van der Waals surface area (Å²) in [6.07, 6.45) is 4.93. The second-order valence-electron chi connectivity index (χ2n) is 6.86. The third-order valence-electron chi connectivity index (χ3n) is 4.80. The summed E-state index contributed by atoms with van der Waals surface area (Å²) in [7, 11) is 5.52. The van der Waals surface area contributed by atoms with Crippen molar-refractivity contribution in [2.45, 2.75) is 31.6 Å². The Hall–Kier alpha value is -2.57. The minimum Gasteiger partial charge on any atom is -0.479 e. The number of aryl methyl sites for hydroxylation is 1. The second kappa shape index (κ2) is 8.21. The van der Waals surface area contributed by atoms with Gasteiger partial charge in [-0.25, -0.2) is 4.98 Å². The number of hydrogen-bond acceptors (Lipinski definition) is 6. The van der Waals surface area contributed by atoms with Crippen LogP contribution < -0.4 is 9.64 Å². The number of likely N-dealkylation sites (tertiary alicyclic amines) is 1. The van der Waals surface area contributed by atoms with Gasteiger partial charge in [0.25, 0.3) is 5.88 Å². The summed E-state index contributed by atoms with van der Waals surface area (Å²) in [5, 5.41) is 3.77. The second-order valence-corrected chi connectivity index (χ2v) is 6.86. The smallest absolute Gasteiger partial charge is 0.254 e. The van der Waals surface area contributed by atoms with Crippen molar-refractivity contribution in [3.05, 3.63) is 35.7 Å². The molecule has 3 rings (SSSR count). The fraction of sp³-hybridized carbons (Fsp3) is 0.526. The zero-order chi connectivity index (χ0) is 18.5. The SMILES string of the molecule is COc1cc(CCC(=O)N2CCC[C@H](c3ccnc(N(C)C)c3)C2)on1. The average Bonchev–Trinajstić information content (AvgIpc) is 3.14. The molecule has 7 heteroatoms. The Morgan fingerprint density at radius 1 is 1.42 bits per heavy atom. The van der Waals surface area contributed by atoms with Gasteiger partial charge in [-0.3, -0.25) is 4.79 Å². The van der Waals surface area contributed by atoms with Gasteiger partial charge < -0.3 is 19.1 Å². The lowest BCUT2D eigenvalue weighted by atomic mass is 9.91. The highest BCUT2D eigenvalue weighted by molar-refractivity contribution is 5.76. The van der Waals surface area contributed by atoms with Gasteiger partial charge in [0.1, 0.15) is 11.6 Å². The van der Waals surface area contributed by atoms with E-state index in [9.17, 15) is 4.79 Å². The number of ether oxygens (including phenoxy) is 1. The lowest BCUT2D eigenvalue weighted by molar-refractivity contribution is -0.132. The van der Waals surface area contributed by atoms with Gasteiger partial charge in [-0.1, -0.05) is 0 Å². The number of nitrogens with zero attached hydrogens (tertiary/aromatic N) is 4. The molecule has 2 aromatic rings. The lowest BCUT2D eigenvalue weighted by Gasteiger charge is -2.33. The van der Waals surface area contributed by atoms with E-state index >= 15 is 0 Å². The summed E-state index contributed by atoms with van der Waals surface area (Å²) in [6.45, 7) is 1.58. The quantitative estimate of drug-likeness (QED) is 0.790. The van der Waals surface area contributed by atoms with Crippen molar-refractivity contribution < 1.29 is 14.1 Å². The highest BCUT2D eigenvalue weighted by atomic mass is 16.5. The molecular weight excluding hydrogens is 332 g/mol. The predicted molar refractivity (Wildman–Crippen MR) is 98.5 cm³/mol. The van der Waals surface area contributed by atoms with E-state index in [-0.39, 0.29) is 5.91 Å². The summed E-state index contributed by atoms with van der Waals surface area (Å²) in [5.41, 5.74) is 1.25. The van der Waals surface area contributed by atoms with Crippen LogP contribution >= 0.6 is 0 Å². The van der Waals surface area contributed by atoms with E-state index in [1.807, 2.05) is 30.1 Å². The first-order valence-electron chi connectivity index (χ1n) is 8.97. The third-order valence-corrected chi connectivity index (χ3v) is 4.80. The molecule has 1 fully saturated rings. The summed E-state index contributed by atoms with van der Waals surface area (Å²) in [5.74, 6) is 2.59. The minimum absolute atomic E-state index is 0.159. The largest absolute Gasteiger partial charge is 0.479 e. The van der Waals surface area contributed by atoms with Gasteiger partial charge in [0.2, 0.25) is 5.91 Å². The number of anilines is 1. The molecule has 2 aromatic heterocycles. The Bertz CT molecular complexity index is 744. The minimum atomic E-state index is 0.159. The van der Waals surface area contributed by atoms with E-state index < -0.39 is 0 Å². The molecule has 1 atom stereocenters. The third kappa shape index (κ3) is 4.33. The Morgan fingerprint density at radius 2 is 2.27 bits per heavy atom. The maximum atomic E-state index is 12.6. The molecule has 0 aliphatic carbocycles. The fourth-order valence-electron chi connectivity index (χ4n) is 3.30. The van der Waals surface area contributed by atoms with Crippen LogP contribution in [0.4, 0.5) is 5.82 Å². The van der Waals surface area contributed by atoms with Gasteiger partial charge in [-0.05, 0) is 35.7 Å². The fourth-order valence-corrected chi connectivity index (χ4v) is 3.30. The summed E-state index contributed by atoms with van der Waals surface area (Å²) in [4.78, 5) is 21.0. The van der Waals surface area contributed by atoms with Gasteiger partial charge in [0, 0.05) is 58.2 Å². The topological polar surface area (TPSA) is 71.7 Å². The molecular formula is C19H26N4O3. The van der Waals surface area contributed by atoms with Crippen LogP contribution in [-0.2, 0) is 11.2 Å². The normalized spacial score (nSPS) is 17.2. The van der Waals surface area contributed by atoms with Crippen molar-refractivity contribution in [2.24, 2.45) is 0 Å². The maximum absolute atomic E-state index is 12.6. The number of pyridine rings is 1. The lowest BCUT2D eigenvalue weighted by Crippen LogP contribution is -2.39. The van der Waals surface area contributed by atoms with Crippen molar-refractivity contribution in [1.29, 1.82) is 0 Å². The molecule has 1 aliphatic heterocycles. The van der Waals surface area contributed by atoms with Crippen LogP contribution in [-0.4, -0.2) is 55.2 Å². The molecule has 0 N–H and O–H groups in total. The van der Waals surface area contributed by atoms with Gasteiger partial charge >= 0.3 is 0 Å². The zero-order valence-corrected chi connectivity index (χ0v) is 15.6. The number of rotatable bonds is 6. The summed E-state index contributed by atoms with van der Waals surface area (Å²) >= 11 is 0. The molecule has 0 saturated carbocycles. The Labute approximate surface area is 153 Å². The molecule has 0 radical (unpaired) electrons. The van der Waals surface area contributed by atoms with Gasteiger partial charge in [-0.15, -0.1) is 0 Å². The first-order chi connectivity index (χ1) is 12.6. The predicted octanol–water partition coefficient (Wildman–Crippen LogP) is 2.48. The molecule has 0 aromatic carbocycles. The van der Waals surface area contributed by atoms with E-state index in [4.69, 9.17) is 9.26 Å². The number of methoxy groups -OCH3 is 1. The van der Waals surface area contributed by atoms with Crippen LogP contribution in [0.1, 0.15) is 36.5 Å². The molecule has 0 spiro atoms. The van der Waals surface area contributed by atoms with E-state index in [0.717, 1.165) is 31.7 Å². The molecule has 0 unspecified atom stereocenters. The van der Waals surface area contributed by atoms with Crippen LogP contribution in [0.5, 0.6) is 5.88 Å². The van der Waals surface area contributed by atoms with Gasteiger partial charge in [0.15, 0.2) is 0 Å². The highest BCUT2D eigenvalue weighted by Gasteiger charge is 2.25. The average molecular weight is 358 g/mol. The number of carbonyl (C=O) groups excluding carboxylic acids is 1. The Balaban J connectivity index is 1.58. The Morgan fingerprint density at radius 3 is 3.00 bits per heavy atom. The van der Waals surface area contributed by atoms with E-state index in [0.29, 0.717) is 30.4 Å². The van der Waals surface area contributed by atoms with Crippen molar-refractivity contribution >= 4 is 11.7 Å². The van der Waals surface area contributed by atoms with Crippen LogP contribution in [0, 0.1) is 0 Å². The first kappa shape index (κ1) is 18.2. The van der Waals surface area contributed by atoms with Crippen molar-refractivity contribution in [3.8, 4) is 5.88 Å². The van der Waals surface area contributed by atoms with Crippen LogP contribution in [0.2, 0.25) is 0 Å². The molecule has 140 valence electrons. The number of aromatic nitrogens is 2. The standard InChI is InChI=1S/C19H26N4O3/c1-22(2)17-11-14(8-9-20-17)15-5-4-10-23(13-15)19(24)7-6-16-12-18(25-3)21-26-16/h8-9,11-12,15H,4-7,10,13H2,1-3H3/t15-/m0/s1. The highest BCUT2D eigenvalue weighted by Crippen LogP contribution is 2.28. The molecule has 3 heterocycles. The van der Waals surface area contributed by atoms with Crippen LogP contribution in [0.3, 0.4) is 0 Å². The Kier molecular flexibility index (Phi) is 5.75. The molecule has 0 bridgehead atoms.